The normalized spacial score (nSPS) is 10.9. The molecule has 2 aromatic heterocycles. The smallest absolute Gasteiger partial charge is 0.234 e. The second kappa shape index (κ2) is 8.42. The molecule has 0 spiro atoms. The average molecular weight is 407 g/mol. The highest BCUT2D eigenvalue weighted by molar-refractivity contribution is 7.99. The molecule has 1 aromatic carbocycles. The summed E-state index contributed by atoms with van der Waals surface area (Å²) in [6.07, 6.45) is 1.55. The minimum atomic E-state index is -0.748. The first-order valence-electron chi connectivity index (χ1n) is 8.46. The first-order chi connectivity index (χ1) is 13.4. The summed E-state index contributed by atoms with van der Waals surface area (Å²) in [5, 5.41) is 11.2. The highest BCUT2D eigenvalue weighted by atomic mass is 32.2. The summed E-state index contributed by atoms with van der Waals surface area (Å²) >= 11 is 1.17. The second-order valence-corrected chi connectivity index (χ2v) is 6.99. The average Bonchev–Trinajstić information content (AvgIpc) is 3.27. The van der Waals surface area contributed by atoms with Crippen molar-refractivity contribution in [3.8, 4) is 11.6 Å². The molecule has 0 unspecified atom stereocenters. The lowest BCUT2D eigenvalue weighted by molar-refractivity contribution is -0.113. The number of nitrogens with one attached hydrogen (secondary N) is 1. The van der Waals surface area contributed by atoms with E-state index >= 15 is 0 Å². The fourth-order valence-electron chi connectivity index (χ4n) is 2.66. The molecule has 1 N–H and O–H groups in total. The standard InChI is InChI=1S/C18H19F2N5O2S/c1-4-25-17(14-6-5-7-27-14)22-23-18(25)28-10-15(26)21-11-8-12(19)16(24(2)3)13(20)9-11/h5-9H,4,10H2,1-3H3,(H,21,26). The fraction of sp³-hybridized carbons (Fsp3) is 0.278. The molecule has 148 valence electrons. The summed E-state index contributed by atoms with van der Waals surface area (Å²) in [4.78, 5) is 13.5. The van der Waals surface area contributed by atoms with Crippen molar-refractivity contribution in [3.63, 3.8) is 0 Å². The maximum atomic E-state index is 14.0. The van der Waals surface area contributed by atoms with Crippen LogP contribution in [0.15, 0.2) is 40.1 Å². The number of hydrogen-bond donors (Lipinski definition) is 1. The van der Waals surface area contributed by atoms with E-state index in [-0.39, 0.29) is 17.1 Å². The van der Waals surface area contributed by atoms with Crippen molar-refractivity contribution in [1.29, 1.82) is 0 Å². The highest BCUT2D eigenvalue weighted by Gasteiger charge is 2.17. The molecule has 0 fully saturated rings. The van der Waals surface area contributed by atoms with E-state index in [9.17, 15) is 13.6 Å². The molecule has 0 radical (unpaired) electrons. The minimum Gasteiger partial charge on any atom is -0.461 e. The van der Waals surface area contributed by atoms with Crippen molar-refractivity contribution in [1.82, 2.24) is 14.8 Å². The van der Waals surface area contributed by atoms with Gasteiger partial charge >= 0.3 is 0 Å². The molecule has 3 rings (SSSR count). The number of thioether (sulfide) groups is 1. The molecule has 3 aromatic rings. The number of aromatic nitrogens is 3. The van der Waals surface area contributed by atoms with Gasteiger partial charge in [0.05, 0.1) is 12.0 Å². The Bertz CT molecular complexity index is 950. The van der Waals surface area contributed by atoms with Gasteiger partial charge < -0.3 is 14.6 Å². The van der Waals surface area contributed by atoms with Crippen LogP contribution in [0.3, 0.4) is 0 Å². The first-order valence-corrected chi connectivity index (χ1v) is 9.45. The van der Waals surface area contributed by atoms with Crippen LogP contribution in [0.5, 0.6) is 0 Å². The predicted octanol–water partition coefficient (Wildman–Crippen LogP) is 3.63. The number of rotatable bonds is 7. The molecule has 28 heavy (non-hydrogen) atoms. The van der Waals surface area contributed by atoms with Gasteiger partial charge in [-0.3, -0.25) is 9.36 Å². The van der Waals surface area contributed by atoms with E-state index in [1.807, 2.05) is 11.5 Å². The Hall–Kier alpha value is -2.88. The summed E-state index contributed by atoms with van der Waals surface area (Å²) in [7, 11) is 3.08. The zero-order valence-corrected chi connectivity index (χ0v) is 16.4. The van der Waals surface area contributed by atoms with Crippen LogP contribution in [0, 0.1) is 11.6 Å². The first kappa shape index (κ1) is 19.9. The number of carbonyl (C=O) groups is 1. The Morgan fingerprint density at radius 2 is 2.00 bits per heavy atom. The van der Waals surface area contributed by atoms with Gasteiger partial charge in [-0.25, -0.2) is 8.78 Å². The monoisotopic (exact) mass is 407 g/mol. The van der Waals surface area contributed by atoms with Gasteiger partial charge in [0, 0.05) is 26.3 Å². The zero-order valence-electron chi connectivity index (χ0n) is 15.6. The van der Waals surface area contributed by atoms with E-state index in [4.69, 9.17) is 4.42 Å². The van der Waals surface area contributed by atoms with Crippen molar-refractivity contribution in [2.75, 3.05) is 30.1 Å². The zero-order chi connectivity index (χ0) is 20.3. The van der Waals surface area contributed by atoms with E-state index in [2.05, 4.69) is 15.5 Å². The third kappa shape index (κ3) is 4.16. The Balaban J connectivity index is 1.67. The predicted molar refractivity (Wildman–Crippen MR) is 103 cm³/mol. The van der Waals surface area contributed by atoms with Gasteiger partial charge in [0.1, 0.15) is 5.69 Å². The van der Waals surface area contributed by atoms with Gasteiger partial charge in [-0.15, -0.1) is 10.2 Å². The maximum absolute atomic E-state index is 14.0. The molecule has 1 amide bonds. The number of benzene rings is 1. The van der Waals surface area contributed by atoms with Crippen LogP contribution in [-0.2, 0) is 11.3 Å². The quantitative estimate of drug-likeness (QED) is 0.603. The number of carbonyl (C=O) groups excluding carboxylic acids is 1. The lowest BCUT2D eigenvalue weighted by atomic mass is 10.2. The summed E-state index contributed by atoms with van der Waals surface area (Å²) in [5.41, 5.74) is -0.103. The molecule has 0 bridgehead atoms. The minimum absolute atomic E-state index is 0.00889. The van der Waals surface area contributed by atoms with E-state index in [1.54, 1.807) is 18.4 Å². The lowest BCUT2D eigenvalue weighted by Gasteiger charge is -2.15. The van der Waals surface area contributed by atoms with Crippen LogP contribution in [0.25, 0.3) is 11.6 Å². The van der Waals surface area contributed by atoms with Gasteiger partial charge in [0.25, 0.3) is 0 Å². The van der Waals surface area contributed by atoms with Gasteiger partial charge in [-0.2, -0.15) is 0 Å². The number of furan rings is 1. The Morgan fingerprint density at radius 1 is 1.29 bits per heavy atom. The van der Waals surface area contributed by atoms with Crippen LogP contribution < -0.4 is 10.2 Å². The second-order valence-electron chi connectivity index (χ2n) is 6.05. The Morgan fingerprint density at radius 3 is 2.57 bits per heavy atom. The number of amides is 1. The molecular formula is C18H19F2N5O2S. The van der Waals surface area contributed by atoms with Gasteiger partial charge in [0.15, 0.2) is 28.4 Å². The SMILES string of the molecule is CCn1c(SCC(=O)Nc2cc(F)c(N(C)C)c(F)c2)nnc1-c1ccco1. The summed E-state index contributed by atoms with van der Waals surface area (Å²) in [6.45, 7) is 2.52. The van der Waals surface area contributed by atoms with Crippen molar-refractivity contribution in [2.45, 2.75) is 18.6 Å². The van der Waals surface area contributed by atoms with E-state index in [0.717, 1.165) is 12.1 Å². The molecular weight excluding hydrogens is 388 g/mol. The lowest BCUT2D eigenvalue weighted by Crippen LogP contribution is -2.17. The van der Waals surface area contributed by atoms with Gasteiger partial charge in [-0.05, 0) is 31.2 Å². The molecule has 0 saturated carbocycles. The maximum Gasteiger partial charge on any atom is 0.234 e. The topological polar surface area (TPSA) is 76.2 Å². The van der Waals surface area contributed by atoms with Crippen LogP contribution >= 0.6 is 11.8 Å². The Kier molecular flexibility index (Phi) is 5.98. The van der Waals surface area contributed by atoms with Crippen LogP contribution in [0.1, 0.15) is 6.92 Å². The summed E-state index contributed by atoms with van der Waals surface area (Å²) < 4.78 is 35.2. The van der Waals surface area contributed by atoms with E-state index < -0.39 is 17.5 Å². The third-order valence-corrected chi connectivity index (χ3v) is 4.82. The fourth-order valence-corrected chi connectivity index (χ4v) is 3.46. The number of hydrogen-bond acceptors (Lipinski definition) is 6. The van der Waals surface area contributed by atoms with Crippen LogP contribution in [0.4, 0.5) is 20.2 Å². The molecule has 10 heteroatoms. The van der Waals surface area contributed by atoms with Crippen molar-refractivity contribution in [3.05, 3.63) is 42.2 Å². The Labute approximate surface area is 164 Å². The summed E-state index contributed by atoms with van der Waals surface area (Å²) in [6, 6.07) is 5.71. The summed E-state index contributed by atoms with van der Waals surface area (Å²) in [5.74, 6) is -0.749. The number of halogens is 2. The highest BCUT2D eigenvalue weighted by Crippen LogP contribution is 2.27. The van der Waals surface area contributed by atoms with Crippen molar-refractivity contribution in [2.24, 2.45) is 0 Å². The molecule has 7 nitrogen and oxygen atoms in total. The van der Waals surface area contributed by atoms with E-state index in [0.29, 0.717) is 23.3 Å². The van der Waals surface area contributed by atoms with Crippen LogP contribution in [-0.4, -0.2) is 40.5 Å². The number of nitrogens with zero attached hydrogens (tertiary/aromatic N) is 4. The van der Waals surface area contributed by atoms with Crippen molar-refractivity contribution >= 4 is 29.0 Å². The molecule has 0 aliphatic rings. The largest absolute Gasteiger partial charge is 0.461 e. The third-order valence-electron chi connectivity index (χ3n) is 3.85. The molecule has 2 heterocycles. The van der Waals surface area contributed by atoms with E-state index in [1.165, 1.54) is 30.8 Å². The molecule has 0 aliphatic carbocycles. The molecule has 0 atom stereocenters. The van der Waals surface area contributed by atoms with Crippen molar-refractivity contribution < 1.29 is 18.0 Å². The van der Waals surface area contributed by atoms with Gasteiger partial charge in [0.2, 0.25) is 5.91 Å². The van der Waals surface area contributed by atoms with Gasteiger partial charge in [-0.1, -0.05) is 11.8 Å². The number of anilines is 2. The van der Waals surface area contributed by atoms with Crippen LogP contribution in [0.2, 0.25) is 0 Å². The molecule has 0 saturated heterocycles. The molecule has 0 aliphatic heterocycles.